The summed E-state index contributed by atoms with van der Waals surface area (Å²) >= 11 is 0. The fourth-order valence-electron chi connectivity index (χ4n) is 1.82. The number of anilines is 1. The molecule has 1 N–H and O–H groups in total. The number of benzene rings is 1. The van der Waals surface area contributed by atoms with Crippen LogP contribution in [-0.4, -0.2) is 20.7 Å². The second-order valence-electron chi connectivity index (χ2n) is 4.19. The van der Waals surface area contributed by atoms with Crippen LogP contribution in [0.2, 0.25) is 0 Å². The predicted octanol–water partition coefficient (Wildman–Crippen LogP) is 2.52. The van der Waals surface area contributed by atoms with Crippen molar-refractivity contribution in [1.82, 2.24) is 14.8 Å². The lowest BCUT2D eigenvalue weighted by molar-refractivity contribution is 0.102. The van der Waals surface area contributed by atoms with Gasteiger partial charge in [-0.25, -0.2) is 4.68 Å². The Bertz CT molecular complexity index is 691. The molecule has 3 aromatic rings. The summed E-state index contributed by atoms with van der Waals surface area (Å²) in [5, 5.41) is 6.97. The minimum atomic E-state index is -0.176. The van der Waals surface area contributed by atoms with E-state index in [1.54, 1.807) is 29.2 Å². The Morgan fingerprint density at radius 2 is 1.90 bits per heavy atom. The molecule has 0 spiro atoms. The third kappa shape index (κ3) is 2.56. The van der Waals surface area contributed by atoms with Crippen LogP contribution in [0.4, 0.5) is 5.69 Å². The summed E-state index contributed by atoms with van der Waals surface area (Å²) < 4.78 is 1.76. The van der Waals surface area contributed by atoms with E-state index in [4.69, 9.17) is 0 Å². The average molecular weight is 264 g/mol. The van der Waals surface area contributed by atoms with E-state index in [1.807, 2.05) is 36.5 Å². The molecule has 0 atom stereocenters. The molecule has 2 aromatic heterocycles. The van der Waals surface area contributed by atoms with E-state index < -0.39 is 0 Å². The third-order valence-electron chi connectivity index (χ3n) is 2.82. The lowest BCUT2D eigenvalue weighted by Crippen LogP contribution is -2.11. The van der Waals surface area contributed by atoms with Crippen molar-refractivity contribution in [3.8, 4) is 5.69 Å². The standard InChI is InChI=1S/C15H12N4O/c20-15(12-3-1-8-16-11-12)18-13-4-6-14(7-5-13)19-10-2-9-17-19/h1-11H,(H,18,20). The highest BCUT2D eigenvalue weighted by atomic mass is 16.1. The first-order valence-electron chi connectivity index (χ1n) is 6.14. The second kappa shape index (κ2) is 5.36. The van der Waals surface area contributed by atoms with Crippen LogP contribution in [0.25, 0.3) is 5.69 Å². The van der Waals surface area contributed by atoms with E-state index in [2.05, 4.69) is 15.4 Å². The molecule has 98 valence electrons. The molecular formula is C15H12N4O. The molecule has 0 radical (unpaired) electrons. The predicted molar refractivity (Wildman–Crippen MR) is 75.8 cm³/mol. The van der Waals surface area contributed by atoms with Crippen molar-refractivity contribution < 1.29 is 4.79 Å². The Labute approximate surface area is 115 Å². The number of nitrogens with zero attached hydrogens (tertiary/aromatic N) is 3. The maximum absolute atomic E-state index is 12.0. The van der Waals surface area contributed by atoms with Crippen LogP contribution in [0.1, 0.15) is 10.4 Å². The van der Waals surface area contributed by atoms with Gasteiger partial charge in [0.2, 0.25) is 0 Å². The lowest BCUT2D eigenvalue weighted by Gasteiger charge is -2.06. The number of hydrogen-bond donors (Lipinski definition) is 1. The molecule has 5 nitrogen and oxygen atoms in total. The average Bonchev–Trinajstić information content (AvgIpc) is 3.03. The van der Waals surface area contributed by atoms with E-state index in [0.29, 0.717) is 5.56 Å². The van der Waals surface area contributed by atoms with Crippen LogP contribution in [0.3, 0.4) is 0 Å². The van der Waals surface area contributed by atoms with Gasteiger partial charge in [0, 0.05) is 30.5 Å². The topological polar surface area (TPSA) is 59.8 Å². The molecule has 0 fully saturated rings. The number of carbonyl (C=O) groups is 1. The number of amides is 1. The normalized spacial score (nSPS) is 10.2. The van der Waals surface area contributed by atoms with Gasteiger partial charge in [-0.1, -0.05) is 0 Å². The van der Waals surface area contributed by atoms with Crippen LogP contribution in [0, 0.1) is 0 Å². The van der Waals surface area contributed by atoms with Gasteiger partial charge in [0.15, 0.2) is 0 Å². The molecule has 2 heterocycles. The van der Waals surface area contributed by atoms with Crippen molar-refractivity contribution in [3.05, 3.63) is 72.8 Å². The summed E-state index contributed by atoms with van der Waals surface area (Å²) in [6.07, 6.45) is 6.75. The monoisotopic (exact) mass is 264 g/mol. The summed E-state index contributed by atoms with van der Waals surface area (Å²) in [5.41, 5.74) is 2.20. The molecular weight excluding hydrogens is 252 g/mol. The summed E-state index contributed by atoms with van der Waals surface area (Å²) in [5.74, 6) is -0.176. The molecule has 0 aliphatic heterocycles. The Morgan fingerprint density at radius 1 is 1.05 bits per heavy atom. The van der Waals surface area contributed by atoms with Crippen molar-refractivity contribution >= 4 is 11.6 Å². The van der Waals surface area contributed by atoms with Gasteiger partial charge in [-0.15, -0.1) is 0 Å². The summed E-state index contributed by atoms with van der Waals surface area (Å²) in [6, 6.07) is 12.8. The van der Waals surface area contributed by atoms with Crippen LogP contribution in [0.5, 0.6) is 0 Å². The zero-order valence-electron chi connectivity index (χ0n) is 10.6. The zero-order chi connectivity index (χ0) is 13.8. The Morgan fingerprint density at radius 3 is 2.55 bits per heavy atom. The van der Waals surface area contributed by atoms with Crippen LogP contribution >= 0.6 is 0 Å². The van der Waals surface area contributed by atoms with Gasteiger partial charge >= 0.3 is 0 Å². The van der Waals surface area contributed by atoms with Crippen molar-refractivity contribution in [2.24, 2.45) is 0 Å². The third-order valence-corrected chi connectivity index (χ3v) is 2.82. The smallest absolute Gasteiger partial charge is 0.257 e. The van der Waals surface area contributed by atoms with E-state index in [1.165, 1.54) is 6.20 Å². The highest BCUT2D eigenvalue weighted by Crippen LogP contribution is 2.13. The molecule has 0 aliphatic rings. The van der Waals surface area contributed by atoms with Gasteiger partial charge in [-0.3, -0.25) is 9.78 Å². The van der Waals surface area contributed by atoms with Gasteiger partial charge in [-0.2, -0.15) is 5.10 Å². The van der Waals surface area contributed by atoms with Crippen LogP contribution < -0.4 is 5.32 Å². The maximum Gasteiger partial charge on any atom is 0.257 e. The molecule has 1 aromatic carbocycles. The first-order chi connectivity index (χ1) is 9.83. The Hall–Kier alpha value is -2.95. The molecule has 1 amide bonds. The van der Waals surface area contributed by atoms with Crippen molar-refractivity contribution in [2.75, 3.05) is 5.32 Å². The number of hydrogen-bond acceptors (Lipinski definition) is 3. The molecule has 0 unspecified atom stereocenters. The van der Waals surface area contributed by atoms with Gasteiger partial charge in [-0.05, 0) is 42.5 Å². The molecule has 3 rings (SSSR count). The van der Waals surface area contributed by atoms with Gasteiger partial charge in [0.1, 0.15) is 0 Å². The van der Waals surface area contributed by atoms with Gasteiger partial charge < -0.3 is 5.32 Å². The van der Waals surface area contributed by atoms with E-state index >= 15 is 0 Å². The van der Waals surface area contributed by atoms with E-state index in [9.17, 15) is 4.79 Å². The molecule has 20 heavy (non-hydrogen) atoms. The molecule has 0 saturated carbocycles. The number of rotatable bonds is 3. The van der Waals surface area contributed by atoms with E-state index in [0.717, 1.165) is 11.4 Å². The van der Waals surface area contributed by atoms with Crippen LogP contribution in [0.15, 0.2) is 67.3 Å². The summed E-state index contributed by atoms with van der Waals surface area (Å²) in [7, 11) is 0. The maximum atomic E-state index is 12.0. The zero-order valence-corrected chi connectivity index (χ0v) is 10.6. The van der Waals surface area contributed by atoms with E-state index in [-0.39, 0.29) is 5.91 Å². The molecule has 0 bridgehead atoms. The highest BCUT2D eigenvalue weighted by Gasteiger charge is 2.05. The van der Waals surface area contributed by atoms with Crippen molar-refractivity contribution in [3.63, 3.8) is 0 Å². The first-order valence-corrected chi connectivity index (χ1v) is 6.14. The quantitative estimate of drug-likeness (QED) is 0.790. The first kappa shape index (κ1) is 12.1. The Kier molecular flexibility index (Phi) is 3.24. The number of nitrogens with one attached hydrogen (secondary N) is 1. The minimum Gasteiger partial charge on any atom is -0.322 e. The summed E-state index contributed by atoms with van der Waals surface area (Å²) in [6.45, 7) is 0. The SMILES string of the molecule is O=C(Nc1ccc(-n2cccn2)cc1)c1cccnc1. The fourth-order valence-corrected chi connectivity index (χ4v) is 1.82. The van der Waals surface area contributed by atoms with Gasteiger partial charge in [0.25, 0.3) is 5.91 Å². The largest absolute Gasteiger partial charge is 0.322 e. The number of pyridine rings is 1. The molecule has 0 aliphatic carbocycles. The lowest BCUT2D eigenvalue weighted by atomic mass is 10.2. The Balaban J connectivity index is 1.74. The molecule has 0 saturated heterocycles. The van der Waals surface area contributed by atoms with Crippen molar-refractivity contribution in [1.29, 1.82) is 0 Å². The van der Waals surface area contributed by atoms with Crippen molar-refractivity contribution in [2.45, 2.75) is 0 Å². The number of aromatic nitrogens is 3. The second-order valence-corrected chi connectivity index (χ2v) is 4.19. The van der Waals surface area contributed by atoms with Gasteiger partial charge in [0.05, 0.1) is 11.3 Å². The minimum absolute atomic E-state index is 0.176. The van der Waals surface area contributed by atoms with Crippen LogP contribution in [-0.2, 0) is 0 Å². The highest BCUT2D eigenvalue weighted by molar-refractivity contribution is 6.04. The molecule has 5 heteroatoms. The summed E-state index contributed by atoms with van der Waals surface area (Å²) in [4.78, 5) is 15.9. The number of carbonyl (C=O) groups excluding carboxylic acids is 1. The fraction of sp³-hybridized carbons (Fsp3) is 0.